The minimum atomic E-state index is 0.505. The molecule has 0 heterocycles. The van der Waals surface area contributed by atoms with Gasteiger partial charge in [-0.2, -0.15) is 0 Å². The second-order valence-electron chi connectivity index (χ2n) is 6.13. The first-order chi connectivity index (χ1) is 9.74. The number of nitrogens with one attached hydrogen (secondary N) is 1. The summed E-state index contributed by atoms with van der Waals surface area (Å²) >= 11 is 0. The van der Waals surface area contributed by atoms with E-state index in [-0.39, 0.29) is 0 Å². The quantitative estimate of drug-likeness (QED) is 0.787. The molecule has 1 aliphatic rings. The Morgan fingerprint density at radius 3 is 2.50 bits per heavy atom. The van der Waals surface area contributed by atoms with Crippen LogP contribution in [0, 0.1) is 11.8 Å². The van der Waals surface area contributed by atoms with Gasteiger partial charge in [-0.1, -0.05) is 39.3 Å². The number of ether oxygens (including phenoxy) is 1. The van der Waals surface area contributed by atoms with E-state index in [0.29, 0.717) is 6.04 Å². The molecule has 2 heteroatoms. The Kier molecular flexibility index (Phi) is 5.90. The van der Waals surface area contributed by atoms with E-state index in [1.807, 2.05) is 0 Å². The second-order valence-corrected chi connectivity index (χ2v) is 6.13. The lowest BCUT2D eigenvalue weighted by molar-refractivity contribution is 0.316. The molecule has 0 aromatic heterocycles. The summed E-state index contributed by atoms with van der Waals surface area (Å²) in [4.78, 5) is 0. The summed E-state index contributed by atoms with van der Waals surface area (Å²) in [6.07, 6.45) is 5.14. The zero-order chi connectivity index (χ0) is 14.4. The predicted molar refractivity (Wildman–Crippen MR) is 85.2 cm³/mol. The van der Waals surface area contributed by atoms with Gasteiger partial charge >= 0.3 is 0 Å². The van der Waals surface area contributed by atoms with E-state index in [4.69, 9.17) is 4.74 Å². The van der Waals surface area contributed by atoms with Gasteiger partial charge in [0.05, 0.1) is 6.61 Å². The molecule has 1 aromatic rings. The molecule has 0 aliphatic heterocycles. The summed E-state index contributed by atoms with van der Waals surface area (Å²) in [5.41, 5.74) is 1.41. The van der Waals surface area contributed by atoms with Crippen LogP contribution in [0.3, 0.4) is 0 Å². The third-order valence-electron chi connectivity index (χ3n) is 4.34. The second kappa shape index (κ2) is 7.68. The number of hydrogen-bond acceptors (Lipinski definition) is 2. The lowest BCUT2D eigenvalue weighted by Crippen LogP contribution is -2.27. The fourth-order valence-corrected chi connectivity index (χ4v) is 3.32. The van der Waals surface area contributed by atoms with Crippen LogP contribution in [0.25, 0.3) is 0 Å². The van der Waals surface area contributed by atoms with E-state index in [9.17, 15) is 0 Å². The first-order valence-corrected chi connectivity index (χ1v) is 8.20. The van der Waals surface area contributed by atoms with Crippen molar-refractivity contribution in [1.29, 1.82) is 0 Å². The molecular weight excluding hydrogens is 246 g/mol. The molecule has 1 aliphatic carbocycles. The average molecular weight is 275 g/mol. The summed E-state index contributed by atoms with van der Waals surface area (Å²) in [6, 6.07) is 9.22. The van der Waals surface area contributed by atoms with Crippen LogP contribution in [0.5, 0.6) is 5.75 Å². The van der Waals surface area contributed by atoms with Gasteiger partial charge in [0, 0.05) is 6.04 Å². The Hall–Kier alpha value is -1.02. The van der Waals surface area contributed by atoms with E-state index in [2.05, 4.69) is 50.4 Å². The maximum Gasteiger partial charge on any atom is 0.119 e. The molecule has 2 rings (SSSR count). The van der Waals surface area contributed by atoms with Crippen LogP contribution < -0.4 is 10.1 Å². The highest BCUT2D eigenvalue weighted by molar-refractivity contribution is 5.29. The summed E-state index contributed by atoms with van der Waals surface area (Å²) in [6.45, 7) is 8.55. The van der Waals surface area contributed by atoms with Crippen molar-refractivity contribution in [3.63, 3.8) is 0 Å². The van der Waals surface area contributed by atoms with Crippen LogP contribution in [-0.2, 0) is 0 Å². The van der Waals surface area contributed by atoms with Gasteiger partial charge in [-0.3, -0.25) is 0 Å². The molecule has 0 saturated heterocycles. The zero-order valence-corrected chi connectivity index (χ0v) is 13.2. The Balaban J connectivity index is 2.04. The largest absolute Gasteiger partial charge is 0.494 e. The molecule has 112 valence electrons. The molecule has 1 N–H and O–H groups in total. The smallest absolute Gasteiger partial charge is 0.119 e. The van der Waals surface area contributed by atoms with Gasteiger partial charge in [-0.25, -0.2) is 0 Å². The topological polar surface area (TPSA) is 21.3 Å². The third-order valence-corrected chi connectivity index (χ3v) is 4.34. The minimum Gasteiger partial charge on any atom is -0.494 e. The zero-order valence-electron chi connectivity index (χ0n) is 13.2. The van der Waals surface area contributed by atoms with Crippen molar-refractivity contribution >= 4 is 0 Å². The molecular formula is C18H29NO. The Morgan fingerprint density at radius 2 is 1.95 bits per heavy atom. The van der Waals surface area contributed by atoms with Gasteiger partial charge in [0.25, 0.3) is 0 Å². The lowest BCUT2D eigenvalue weighted by Gasteiger charge is -2.25. The van der Waals surface area contributed by atoms with Crippen molar-refractivity contribution in [3.8, 4) is 5.75 Å². The van der Waals surface area contributed by atoms with Crippen molar-refractivity contribution in [1.82, 2.24) is 5.32 Å². The minimum absolute atomic E-state index is 0.505. The van der Waals surface area contributed by atoms with Crippen LogP contribution in [0.15, 0.2) is 24.3 Å². The van der Waals surface area contributed by atoms with Gasteiger partial charge < -0.3 is 10.1 Å². The lowest BCUT2D eigenvalue weighted by atomic mass is 9.91. The molecule has 1 aromatic carbocycles. The molecule has 0 radical (unpaired) electrons. The maximum absolute atomic E-state index is 5.67. The van der Waals surface area contributed by atoms with Gasteiger partial charge in [-0.15, -0.1) is 0 Å². The normalized spacial score (nSPS) is 23.8. The number of rotatable bonds is 7. The van der Waals surface area contributed by atoms with Crippen molar-refractivity contribution < 1.29 is 4.74 Å². The van der Waals surface area contributed by atoms with Crippen molar-refractivity contribution in [3.05, 3.63) is 29.8 Å². The standard InChI is InChI=1S/C18H29NO/c1-4-12-20-17-10-8-15(9-11-17)18(19-5-2)16-7-6-14(3)13-16/h8-11,14,16,18-19H,4-7,12-13H2,1-3H3. The highest BCUT2D eigenvalue weighted by Gasteiger charge is 2.29. The van der Waals surface area contributed by atoms with E-state index in [1.165, 1.54) is 24.8 Å². The molecule has 0 spiro atoms. The monoisotopic (exact) mass is 275 g/mol. The Bertz CT molecular complexity index is 387. The van der Waals surface area contributed by atoms with E-state index in [0.717, 1.165) is 37.2 Å². The Morgan fingerprint density at radius 1 is 1.20 bits per heavy atom. The van der Waals surface area contributed by atoms with Gasteiger partial charge in [-0.05, 0) is 55.3 Å². The molecule has 3 atom stereocenters. The van der Waals surface area contributed by atoms with Crippen LogP contribution in [0.1, 0.15) is 58.1 Å². The number of hydrogen-bond donors (Lipinski definition) is 1. The fourth-order valence-electron chi connectivity index (χ4n) is 3.32. The van der Waals surface area contributed by atoms with Crippen molar-refractivity contribution in [2.75, 3.05) is 13.2 Å². The SMILES string of the molecule is CCCOc1ccc(C(NCC)C2CCC(C)C2)cc1. The van der Waals surface area contributed by atoms with E-state index < -0.39 is 0 Å². The van der Waals surface area contributed by atoms with Crippen LogP contribution in [-0.4, -0.2) is 13.2 Å². The van der Waals surface area contributed by atoms with Crippen molar-refractivity contribution in [2.24, 2.45) is 11.8 Å². The molecule has 0 amide bonds. The first-order valence-electron chi connectivity index (χ1n) is 8.20. The molecule has 1 fully saturated rings. The summed E-state index contributed by atoms with van der Waals surface area (Å²) in [5, 5.41) is 3.68. The van der Waals surface area contributed by atoms with Crippen molar-refractivity contribution in [2.45, 2.75) is 52.5 Å². The first kappa shape index (κ1) is 15.4. The third kappa shape index (κ3) is 3.99. The fraction of sp³-hybridized carbons (Fsp3) is 0.667. The van der Waals surface area contributed by atoms with Gasteiger partial charge in [0.2, 0.25) is 0 Å². The summed E-state index contributed by atoms with van der Waals surface area (Å²) in [5.74, 6) is 2.66. The molecule has 2 nitrogen and oxygen atoms in total. The molecule has 20 heavy (non-hydrogen) atoms. The van der Waals surface area contributed by atoms with E-state index >= 15 is 0 Å². The Labute approximate surface area is 123 Å². The molecule has 1 saturated carbocycles. The van der Waals surface area contributed by atoms with Crippen LogP contribution >= 0.6 is 0 Å². The highest BCUT2D eigenvalue weighted by atomic mass is 16.5. The van der Waals surface area contributed by atoms with E-state index in [1.54, 1.807) is 0 Å². The molecule has 3 unspecified atom stereocenters. The van der Waals surface area contributed by atoms with Gasteiger partial charge in [0.1, 0.15) is 5.75 Å². The van der Waals surface area contributed by atoms with Crippen LogP contribution in [0.2, 0.25) is 0 Å². The average Bonchev–Trinajstić information content (AvgIpc) is 2.89. The number of benzene rings is 1. The maximum atomic E-state index is 5.67. The van der Waals surface area contributed by atoms with Crippen LogP contribution in [0.4, 0.5) is 0 Å². The highest BCUT2D eigenvalue weighted by Crippen LogP contribution is 2.39. The molecule has 0 bridgehead atoms. The van der Waals surface area contributed by atoms with Gasteiger partial charge in [0.15, 0.2) is 0 Å². The summed E-state index contributed by atoms with van der Waals surface area (Å²) < 4.78 is 5.67. The summed E-state index contributed by atoms with van der Waals surface area (Å²) in [7, 11) is 0. The predicted octanol–water partition coefficient (Wildman–Crippen LogP) is 4.56.